The second-order valence-corrected chi connectivity index (χ2v) is 5.66. The summed E-state index contributed by atoms with van der Waals surface area (Å²) in [5.74, 6) is 0.718. The van der Waals surface area contributed by atoms with Gasteiger partial charge in [-0.1, -0.05) is 24.3 Å². The Bertz CT molecular complexity index is 798. The zero-order chi connectivity index (χ0) is 14.9. The highest BCUT2D eigenvalue weighted by atomic mass is 16.3. The highest BCUT2D eigenvalue weighted by Crippen LogP contribution is 2.30. The van der Waals surface area contributed by atoms with Crippen LogP contribution in [0.5, 0.6) is 0 Å². The molecule has 2 aromatic heterocycles. The van der Waals surface area contributed by atoms with Crippen molar-refractivity contribution in [1.82, 2.24) is 19.3 Å². The minimum absolute atomic E-state index is 0.0483. The van der Waals surface area contributed by atoms with Gasteiger partial charge in [-0.2, -0.15) is 0 Å². The van der Waals surface area contributed by atoms with E-state index in [0.29, 0.717) is 0 Å². The van der Waals surface area contributed by atoms with E-state index in [0.717, 1.165) is 31.0 Å². The second-order valence-electron chi connectivity index (χ2n) is 5.66. The third kappa shape index (κ3) is 2.19. The van der Waals surface area contributed by atoms with Gasteiger partial charge in [-0.3, -0.25) is 9.30 Å². The molecule has 4 rings (SSSR count). The van der Waals surface area contributed by atoms with Crippen LogP contribution in [0.15, 0.2) is 48.9 Å². The van der Waals surface area contributed by atoms with E-state index in [1.807, 2.05) is 28.9 Å². The standard InChI is InChI=1S/C17H18N4O/c22-12-16-15-5-2-1-4-13(15)6-9-20(16)11-14-10-19-17-18-7-3-8-21(14)17/h1-5,7-8,10,16,22H,6,9,11-12H2. The number of benzene rings is 1. The number of aliphatic hydroxyl groups excluding tert-OH is 1. The largest absolute Gasteiger partial charge is 0.394 e. The number of rotatable bonds is 3. The Hall–Kier alpha value is -2.24. The first-order valence-electron chi connectivity index (χ1n) is 7.56. The van der Waals surface area contributed by atoms with Crippen molar-refractivity contribution in [2.75, 3.05) is 13.2 Å². The van der Waals surface area contributed by atoms with E-state index in [1.165, 1.54) is 11.1 Å². The molecule has 1 aliphatic rings. The zero-order valence-corrected chi connectivity index (χ0v) is 12.3. The first-order valence-corrected chi connectivity index (χ1v) is 7.56. The Labute approximate surface area is 128 Å². The molecule has 1 aliphatic heterocycles. The predicted molar refractivity (Wildman–Crippen MR) is 83.4 cm³/mol. The van der Waals surface area contributed by atoms with E-state index >= 15 is 0 Å². The van der Waals surface area contributed by atoms with Crippen LogP contribution in [0.4, 0.5) is 0 Å². The maximum absolute atomic E-state index is 9.87. The molecule has 0 spiro atoms. The van der Waals surface area contributed by atoms with Crippen LogP contribution >= 0.6 is 0 Å². The summed E-state index contributed by atoms with van der Waals surface area (Å²) in [7, 11) is 0. The summed E-state index contributed by atoms with van der Waals surface area (Å²) in [6, 6.07) is 10.4. The molecule has 0 bridgehead atoms. The van der Waals surface area contributed by atoms with Crippen molar-refractivity contribution >= 4 is 5.78 Å². The fourth-order valence-electron chi connectivity index (χ4n) is 3.31. The summed E-state index contributed by atoms with van der Waals surface area (Å²) >= 11 is 0. The molecule has 0 fully saturated rings. The van der Waals surface area contributed by atoms with Crippen molar-refractivity contribution in [1.29, 1.82) is 0 Å². The summed E-state index contributed by atoms with van der Waals surface area (Å²) in [4.78, 5) is 10.9. The third-order valence-corrected chi connectivity index (χ3v) is 4.43. The summed E-state index contributed by atoms with van der Waals surface area (Å²) in [6.07, 6.45) is 6.62. The molecule has 22 heavy (non-hydrogen) atoms. The lowest BCUT2D eigenvalue weighted by Crippen LogP contribution is -2.37. The van der Waals surface area contributed by atoms with Crippen molar-refractivity contribution in [3.8, 4) is 0 Å². The Morgan fingerprint density at radius 2 is 2.09 bits per heavy atom. The van der Waals surface area contributed by atoms with Crippen LogP contribution in [0, 0.1) is 0 Å². The fourth-order valence-corrected chi connectivity index (χ4v) is 3.31. The van der Waals surface area contributed by atoms with Gasteiger partial charge in [0.15, 0.2) is 0 Å². The molecular weight excluding hydrogens is 276 g/mol. The summed E-state index contributed by atoms with van der Waals surface area (Å²) in [5.41, 5.74) is 3.68. The molecule has 112 valence electrons. The van der Waals surface area contributed by atoms with Gasteiger partial charge in [0, 0.05) is 25.5 Å². The Balaban J connectivity index is 1.66. The highest BCUT2D eigenvalue weighted by Gasteiger charge is 2.27. The van der Waals surface area contributed by atoms with Crippen LogP contribution < -0.4 is 0 Å². The Kier molecular flexibility index (Phi) is 3.36. The van der Waals surface area contributed by atoms with Gasteiger partial charge in [0.05, 0.1) is 24.5 Å². The number of hydrogen-bond acceptors (Lipinski definition) is 4. The molecule has 3 aromatic rings. The SMILES string of the molecule is OCC1c2ccccc2CCN1Cc1cnc2ncccn12. The molecule has 1 aromatic carbocycles. The van der Waals surface area contributed by atoms with Gasteiger partial charge >= 0.3 is 0 Å². The first kappa shape index (κ1) is 13.4. The van der Waals surface area contributed by atoms with Crippen molar-refractivity contribution in [3.05, 3.63) is 65.7 Å². The van der Waals surface area contributed by atoms with Gasteiger partial charge in [-0.05, 0) is 23.6 Å². The van der Waals surface area contributed by atoms with Gasteiger partial charge in [0.1, 0.15) is 0 Å². The number of hydrogen-bond donors (Lipinski definition) is 1. The number of aliphatic hydroxyl groups is 1. The summed E-state index contributed by atoms with van der Waals surface area (Å²) < 4.78 is 2.01. The maximum Gasteiger partial charge on any atom is 0.233 e. The van der Waals surface area contributed by atoms with Gasteiger partial charge in [-0.25, -0.2) is 9.97 Å². The number of nitrogens with zero attached hydrogens (tertiary/aromatic N) is 4. The molecule has 0 saturated heterocycles. The van der Waals surface area contributed by atoms with Crippen molar-refractivity contribution in [2.24, 2.45) is 0 Å². The Morgan fingerprint density at radius 3 is 3.00 bits per heavy atom. The Morgan fingerprint density at radius 1 is 1.18 bits per heavy atom. The average molecular weight is 294 g/mol. The number of aromatic nitrogens is 3. The molecule has 0 aliphatic carbocycles. The number of fused-ring (bicyclic) bond motifs is 2. The van der Waals surface area contributed by atoms with Gasteiger partial charge in [0.25, 0.3) is 0 Å². The molecule has 0 radical (unpaired) electrons. The quantitative estimate of drug-likeness (QED) is 0.800. The van der Waals surface area contributed by atoms with E-state index < -0.39 is 0 Å². The predicted octanol–water partition coefficient (Wildman–Crippen LogP) is 1.82. The highest BCUT2D eigenvalue weighted by molar-refractivity contribution is 5.34. The molecule has 1 unspecified atom stereocenters. The van der Waals surface area contributed by atoms with Crippen LogP contribution in [0.1, 0.15) is 22.9 Å². The van der Waals surface area contributed by atoms with Crippen LogP contribution in [-0.4, -0.2) is 37.5 Å². The average Bonchev–Trinajstić information content (AvgIpc) is 2.98. The molecule has 1 atom stereocenters. The van der Waals surface area contributed by atoms with E-state index in [9.17, 15) is 5.11 Å². The smallest absolute Gasteiger partial charge is 0.233 e. The lowest BCUT2D eigenvalue weighted by molar-refractivity contribution is 0.107. The fraction of sp³-hybridized carbons (Fsp3) is 0.294. The first-order chi connectivity index (χ1) is 10.9. The molecule has 5 nitrogen and oxygen atoms in total. The van der Waals surface area contributed by atoms with Gasteiger partial charge in [0.2, 0.25) is 5.78 Å². The lowest BCUT2D eigenvalue weighted by atomic mass is 9.93. The molecule has 0 saturated carbocycles. The van der Waals surface area contributed by atoms with E-state index in [1.54, 1.807) is 6.20 Å². The molecule has 5 heteroatoms. The summed E-state index contributed by atoms with van der Waals surface area (Å²) in [5, 5.41) is 9.87. The van der Waals surface area contributed by atoms with E-state index in [-0.39, 0.29) is 12.6 Å². The van der Waals surface area contributed by atoms with Gasteiger partial charge in [-0.15, -0.1) is 0 Å². The molecular formula is C17H18N4O. The van der Waals surface area contributed by atoms with Crippen molar-refractivity contribution in [2.45, 2.75) is 19.0 Å². The van der Waals surface area contributed by atoms with Crippen molar-refractivity contribution in [3.63, 3.8) is 0 Å². The third-order valence-electron chi connectivity index (χ3n) is 4.43. The number of imidazole rings is 1. The minimum atomic E-state index is 0.0483. The monoisotopic (exact) mass is 294 g/mol. The normalized spacial score (nSPS) is 18.5. The minimum Gasteiger partial charge on any atom is -0.394 e. The molecule has 0 amide bonds. The van der Waals surface area contributed by atoms with Gasteiger partial charge < -0.3 is 5.11 Å². The maximum atomic E-state index is 9.87. The lowest BCUT2D eigenvalue weighted by Gasteiger charge is -2.36. The van der Waals surface area contributed by atoms with Crippen LogP contribution in [0.3, 0.4) is 0 Å². The topological polar surface area (TPSA) is 53.7 Å². The van der Waals surface area contributed by atoms with E-state index in [2.05, 4.69) is 33.1 Å². The van der Waals surface area contributed by atoms with Crippen molar-refractivity contribution < 1.29 is 5.11 Å². The second kappa shape index (κ2) is 5.51. The van der Waals surface area contributed by atoms with Crippen LogP contribution in [0.25, 0.3) is 5.78 Å². The summed E-state index contributed by atoms with van der Waals surface area (Å²) in [6.45, 7) is 1.83. The van der Waals surface area contributed by atoms with Crippen LogP contribution in [-0.2, 0) is 13.0 Å². The zero-order valence-electron chi connectivity index (χ0n) is 12.3. The molecule has 3 heterocycles. The van der Waals surface area contributed by atoms with E-state index in [4.69, 9.17) is 0 Å². The van der Waals surface area contributed by atoms with Crippen LogP contribution in [0.2, 0.25) is 0 Å². The molecule has 1 N–H and O–H groups in total.